The minimum atomic E-state index is -3.97. The van der Waals surface area contributed by atoms with Crippen molar-refractivity contribution in [2.24, 2.45) is 5.92 Å². The maximum atomic E-state index is 13.5. The fourth-order valence-electron chi connectivity index (χ4n) is 5.01. The minimum absolute atomic E-state index is 0.00223. The first-order valence-electron chi connectivity index (χ1n) is 13.8. The Morgan fingerprint density at radius 2 is 1.81 bits per heavy atom. The lowest BCUT2D eigenvalue weighted by atomic mass is 10.0. The van der Waals surface area contributed by atoms with Crippen molar-refractivity contribution in [3.8, 4) is 5.75 Å². The Balaban J connectivity index is 1.64. The number of hydrogen-bond acceptors (Lipinski definition) is 10. The molecule has 3 aromatic rings. The van der Waals surface area contributed by atoms with Crippen LogP contribution in [0.15, 0.2) is 32.1 Å². The summed E-state index contributed by atoms with van der Waals surface area (Å²) >= 11 is 0. The number of sulfonamides is 1. The van der Waals surface area contributed by atoms with Crippen molar-refractivity contribution in [1.82, 2.24) is 19.5 Å². The van der Waals surface area contributed by atoms with E-state index in [9.17, 15) is 23.1 Å². The number of aryl methyl sites for hydroxylation is 4. The van der Waals surface area contributed by atoms with Crippen LogP contribution in [0.3, 0.4) is 0 Å². The van der Waals surface area contributed by atoms with Crippen molar-refractivity contribution >= 4 is 33.3 Å². The van der Waals surface area contributed by atoms with Gasteiger partial charge in [0.2, 0.25) is 15.9 Å². The first kappa shape index (κ1) is 32.0. The number of amides is 3. The number of aliphatic hydroxyl groups excluding tert-OH is 1. The van der Waals surface area contributed by atoms with Crippen molar-refractivity contribution in [1.29, 1.82) is 0 Å². The molecule has 4 rings (SSSR count). The predicted molar refractivity (Wildman–Crippen MR) is 156 cm³/mol. The Kier molecular flexibility index (Phi) is 9.47. The summed E-state index contributed by atoms with van der Waals surface area (Å²) in [7, 11) is -2.52. The lowest BCUT2D eigenvalue weighted by molar-refractivity contribution is -0.134. The van der Waals surface area contributed by atoms with E-state index in [-0.39, 0.29) is 54.3 Å². The molecule has 3 N–H and O–H groups in total. The molecule has 0 bridgehead atoms. The number of likely N-dealkylation sites (N-methyl/N-ethyl adjacent to an activating group) is 1. The van der Waals surface area contributed by atoms with Gasteiger partial charge in [-0.3, -0.25) is 4.79 Å². The predicted octanol–water partition coefficient (Wildman–Crippen LogP) is 3.01. The van der Waals surface area contributed by atoms with Gasteiger partial charge in [0.25, 0.3) is 0 Å². The second-order valence-corrected chi connectivity index (χ2v) is 12.9. The Bertz CT molecular complexity index is 1560. The fraction of sp³-hybridized carbons (Fsp3) is 0.500. The average Bonchev–Trinajstić information content (AvgIpc) is 3.47. The van der Waals surface area contributed by atoms with Gasteiger partial charge in [-0.1, -0.05) is 17.2 Å². The van der Waals surface area contributed by atoms with Crippen molar-refractivity contribution in [2.75, 3.05) is 37.4 Å². The molecule has 0 unspecified atom stereocenters. The molecular weight excluding hydrogens is 580 g/mol. The number of nitrogens with zero attached hydrogens (tertiary/aromatic N) is 4. The summed E-state index contributed by atoms with van der Waals surface area (Å²) in [4.78, 5) is 27.8. The summed E-state index contributed by atoms with van der Waals surface area (Å²) in [6.45, 7) is 10.0. The van der Waals surface area contributed by atoms with Gasteiger partial charge in [-0.05, 0) is 52.8 Å². The van der Waals surface area contributed by atoms with Gasteiger partial charge in [0, 0.05) is 30.8 Å². The fourth-order valence-corrected chi connectivity index (χ4v) is 6.48. The second-order valence-electron chi connectivity index (χ2n) is 10.9. The third kappa shape index (κ3) is 6.84. The van der Waals surface area contributed by atoms with Crippen LogP contribution in [0, 0.1) is 33.6 Å². The Morgan fingerprint density at radius 3 is 2.42 bits per heavy atom. The summed E-state index contributed by atoms with van der Waals surface area (Å²) in [5.41, 5.74) is 2.14. The lowest BCUT2D eigenvalue weighted by Crippen LogP contribution is -2.48. The van der Waals surface area contributed by atoms with Gasteiger partial charge in [-0.25, -0.2) is 13.2 Å². The van der Waals surface area contributed by atoms with E-state index in [2.05, 4.69) is 20.9 Å². The van der Waals surface area contributed by atoms with Crippen LogP contribution in [-0.4, -0.2) is 83.9 Å². The van der Waals surface area contributed by atoms with Gasteiger partial charge >= 0.3 is 6.03 Å². The quantitative estimate of drug-likeness (QED) is 0.340. The molecule has 1 aromatic carbocycles. The highest BCUT2D eigenvalue weighted by molar-refractivity contribution is 7.89. The topological polar surface area (TPSA) is 180 Å². The third-order valence-electron chi connectivity index (χ3n) is 7.52. The van der Waals surface area contributed by atoms with E-state index >= 15 is 0 Å². The van der Waals surface area contributed by atoms with Gasteiger partial charge in [-0.2, -0.15) is 4.31 Å². The number of fused-ring (bicyclic) bond motifs is 1. The summed E-state index contributed by atoms with van der Waals surface area (Å²) < 4.78 is 44.7. The molecule has 3 amide bonds. The molecule has 1 aliphatic rings. The largest absolute Gasteiger partial charge is 0.488 e. The van der Waals surface area contributed by atoms with E-state index in [0.29, 0.717) is 34.1 Å². The van der Waals surface area contributed by atoms with Crippen LogP contribution in [-0.2, 0) is 21.2 Å². The van der Waals surface area contributed by atoms with Gasteiger partial charge in [-0.15, -0.1) is 0 Å². The van der Waals surface area contributed by atoms with Gasteiger partial charge < -0.3 is 34.4 Å². The molecule has 0 aliphatic carbocycles. The Hall–Kier alpha value is -3.95. The number of aliphatic hydroxyl groups is 1. The molecule has 0 saturated carbocycles. The number of ether oxygens (including phenoxy) is 1. The normalized spacial score (nSPS) is 18.3. The SMILES string of the molecule is Cc1noc(C)c1NC(=O)Nc1ccc2c(c1)CC(=O)N([C@@H](C)CO)C[C@H](C)[C@@H](CN(C)S(=O)(=O)c1c(C)noc1C)O2. The molecule has 1 aliphatic heterocycles. The maximum Gasteiger partial charge on any atom is 0.323 e. The lowest BCUT2D eigenvalue weighted by Gasteiger charge is -2.33. The second kappa shape index (κ2) is 12.7. The van der Waals surface area contributed by atoms with Crippen molar-refractivity contribution in [2.45, 2.75) is 65.0 Å². The van der Waals surface area contributed by atoms with Crippen molar-refractivity contribution in [3.63, 3.8) is 0 Å². The Morgan fingerprint density at radius 1 is 1.14 bits per heavy atom. The number of aromatic nitrogens is 2. The molecule has 3 atom stereocenters. The minimum Gasteiger partial charge on any atom is -0.488 e. The van der Waals surface area contributed by atoms with Crippen LogP contribution in [0.5, 0.6) is 5.75 Å². The van der Waals surface area contributed by atoms with Gasteiger partial charge in [0.1, 0.15) is 33.8 Å². The number of hydrogen-bond donors (Lipinski definition) is 3. The standard InChI is InChI=1S/C28H38N6O8S/c1-15-12-34(16(2)14-35)25(36)11-21-10-22(29-28(37)30-26-17(3)31-41-19(26)5)8-9-23(21)40-24(15)13-33(7)43(38,39)27-18(4)32-42-20(27)6/h8-10,15-16,24,35H,11-14H2,1-7H3,(H2,29,30,37)/t15-,16-,24+/m0/s1. The van der Waals surface area contributed by atoms with Crippen LogP contribution < -0.4 is 15.4 Å². The zero-order chi connectivity index (χ0) is 31.6. The highest BCUT2D eigenvalue weighted by atomic mass is 32.2. The van der Waals surface area contributed by atoms with E-state index in [1.165, 1.54) is 18.3 Å². The molecular formula is C28H38N6O8S. The zero-order valence-corrected chi connectivity index (χ0v) is 26.1. The van der Waals surface area contributed by atoms with E-state index in [4.69, 9.17) is 13.8 Å². The molecule has 15 heteroatoms. The van der Waals surface area contributed by atoms with E-state index in [0.717, 1.165) is 0 Å². The summed E-state index contributed by atoms with van der Waals surface area (Å²) in [6, 6.07) is 3.90. The van der Waals surface area contributed by atoms with Gasteiger partial charge in [0.15, 0.2) is 11.5 Å². The van der Waals surface area contributed by atoms with Crippen molar-refractivity contribution in [3.05, 3.63) is 46.7 Å². The number of nitrogens with one attached hydrogen (secondary N) is 2. The highest BCUT2D eigenvalue weighted by Crippen LogP contribution is 2.31. The third-order valence-corrected chi connectivity index (χ3v) is 9.59. The maximum absolute atomic E-state index is 13.5. The molecule has 43 heavy (non-hydrogen) atoms. The number of urea groups is 1. The van der Waals surface area contributed by atoms with E-state index in [1.807, 2.05) is 6.92 Å². The number of benzene rings is 1. The average molecular weight is 619 g/mol. The number of carbonyl (C=O) groups excluding carboxylic acids is 2. The molecule has 0 spiro atoms. The molecule has 0 radical (unpaired) electrons. The van der Waals surface area contributed by atoms with Crippen LogP contribution in [0.2, 0.25) is 0 Å². The van der Waals surface area contributed by atoms with E-state index in [1.54, 1.807) is 50.8 Å². The molecule has 2 aromatic heterocycles. The highest BCUT2D eigenvalue weighted by Gasteiger charge is 2.35. The number of carbonyl (C=O) groups is 2. The molecule has 14 nitrogen and oxygen atoms in total. The summed E-state index contributed by atoms with van der Waals surface area (Å²) in [5.74, 6) is 0.451. The summed E-state index contributed by atoms with van der Waals surface area (Å²) in [5, 5.41) is 23.0. The van der Waals surface area contributed by atoms with Crippen LogP contribution in [0.1, 0.15) is 42.3 Å². The van der Waals surface area contributed by atoms with Crippen LogP contribution in [0.25, 0.3) is 0 Å². The summed E-state index contributed by atoms with van der Waals surface area (Å²) in [6.07, 6.45) is -0.743. The smallest absolute Gasteiger partial charge is 0.323 e. The molecule has 3 heterocycles. The first-order chi connectivity index (χ1) is 20.2. The number of anilines is 2. The first-order valence-corrected chi connectivity index (χ1v) is 15.3. The van der Waals surface area contributed by atoms with Crippen LogP contribution >= 0.6 is 0 Å². The van der Waals surface area contributed by atoms with Crippen LogP contribution in [0.4, 0.5) is 16.2 Å². The Labute approximate surface area is 250 Å². The van der Waals surface area contributed by atoms with Gasteiger partial charge in [0.05, 0.1) is 25.6 Å². The zero-order valence-electron chi connectivity index (χ0n) is 25.3. The van der Waals surface area contributed by atoms with Crippen molar-refractivity contribution < 1.29 is 36.9 Å². The molecule has 0 fully saturated rings. The monoisotopic (exact) mass is 618 g/mol. The van der Waals surface area contributed by atoms with E-state index < -0.39 is 28.2 Å². The number of rotatable bonds is 8. The molecule has 0 saturated heterocycles. The molecule has 234 valence electrons.